The van der Waals surface area contributed by atoms with Gasteiger partial charge in [-0.2, -0.15) is 0 Å². The van der Waals surface area contributed by atoms with E-state index in [0.29, 0.717) is 5.41 Å². The first-order chi connectivity index (χ1) is 8.28. The molecule has 0 spiro atoms. The first-order valence-electron chi connectivity index (χ1n) is 7.10. The van der Waals surface area contributed by atoms with E-state index >= 15 is 0 Å². The summed E-state index contributed by atoms with van der Waals surface area (Å²) in [6.07, 6.45) is 5.55. The van der Waals surface area contributed by atoms with Gasteiger partial charge in [-0.25, -0.2) is 0 Å². The van der Waals surface area contributed by atoms with Crippen LogP contribution in [-0.2, 0) is 6.42 Å². The molecule has 2 atom stereocenters. The molecule has 0 radical (unpaired) electrons. The third-order valence-corrected chi connectivity index (χ3v) is 5.31. The zero-order valence-electron chi connectivity index (χ0n) is 10.6. The normalized spacial score (nSPS) is 35.5. The van der Waals surface area contributed by atoms with Crippen LogP contribution in [-0.4, -0.2) is 13.1 Å². The fourth-order valence-corrected chi connectivity index (χ4v) is 4.05. The summed E-state index contributed by atoms with van der Waals surface area (Å²) in [5.41, 5.74) is 5.61. The molecule has 1 saturated heterocycles. The molecule has 1 nitrogen and oxygen atoms in total. The summed E-state index contributed by atoms with van der Waals surface area (Å²) in [6, 6.07) is 7.09. The third-order valence-electron chi connectivity index (χ3n) is 5.31. The van der Waals surface area contributed by atoms with Gasteiger partial charge < -0.3 is 5.32 Å². The van der Waals surface area contributed by atoms with E-state index in [0.717, 1.165) is 11.8 Å². The highest BCUT2D eigenvalue weighted by Crippen LogP contribution is 2.51. The quantitative estimate of drug-likeness (QED) is 0.777. The number of nitrogens with one attached hydrogen (secondary N) is 1. The summed E-state index contributed by atoms with van der Waals surface area (Å²) in [4.78, 5) is 0. The molecule has 1 N–H and O–H groups in total. The Hall–Kier alpha value is -0.820. The summed E-state index contributed by atoms with van der Waals surface area (Å²) >= 11 is 0. The Bertz CT molecular complexity index is 461. The minimum absolute atomic E-state index is 0.523. The minimum Gasteiger partial charge on any atom is -0.316 e. The van der Waals surface area contributed by atoms with Crippen molar-refractivity contribution in [1.82, 2.24) is 5.32 Å². The maximum absolute atomic E-state index is 3.61. The molecule has 0 bridgehead atoms. The van der Waals surface area contributed by atoms with Gasteiger partial charge in [0.2, 0.25) is 0 Å². The second kappa shape index (κ2) is 3.35. The highest BCUT2D eigenvalue weighted by atomic mass is 14.9. The summed E-state index contributed by atoms with van der Waals surface area (Å²) in [7, 11) is 0. The van der Waals surface area contributed by atoms with E-state index in [1.165, 1.54) is 38.8 Å². The SMILES string of the molecule is C[C@@]12CCc3c(C4CC4)cccc3[C@H]1CNC2. The van der Waals surface area contributed by atoms with Gasteiger partial charge >= 0.3 is 0 Å². The van der Waals surface area contributed by atoms with Crippen LogP contribution >= 0.6 is 0 Å². The van der Waals surface area contributed by atoms with Crippen molar-refractivity contribution in [2.45, 2.75) is 44.4 Å². The van der Waals surface area contributed by atoms with Crippen molar-refractivity contribution in [1.29, 1.82) is 0 Å². The Morgan fingerprint density at radius 2 is 2.06 bits per heavy atom. The van der Waals surface area contributed by atoms with Crippen molar-refractivity contribution in [3.63, 3.8) is 0 Å². The zero-order valence-corrected chi connectivity index (χ0v) is 10.6. The van der Waals surface area contributed by atoms with Gasteiger partial charge in [0.1, 0.15) is 0 Å². The summed E-state index contributed by atoms with van der Waals surface area (Å²) in [5, 5.41) is 3.61. The van der Waals surface area contributed by atoms with E-state index in [1.807, 2.05) is 0 Å². The molecule has 2 fully saturated rings. The summed E-state index contributed by atoms with van der Waals surface area (Å²) in [5.74, 6) is 1.67. The minimum atomic E-state index is 0.523. The average Bonchev–Trinajstić information content (AvgIpc) is 3.10. The number of hydrogen-bond acceptors (Lipinski definition) is 1. The van der Waals surface area contributed by atoms with Gasteiger partial charge in [0.15, 0.2) is 0 Å². The molecule has 17 heavy (non-hydrogen) atoms. The summed E-state index contributed by atoms with van der Waals surface area (Å²) in [6.45, 7) is 4.88. The lowest BCUT2D eigenvalue weighted by Crippen LogP contribution is -2.30. The van der Waals surface area contributed by atoms with Crippen LogP contribution in [0.2, 0.25) is 0 Å². The van der Waals surface area contributed by atoms with Gasteiger partial charge in [-0.3, -0.25) is 0 Å². The maximum atomic E-state index is 3.61. The van der Waals surface area contributed by atoms with Crippen LogP contribution in [0.5, 0.6) is 0 Å². The van der Waals surface area contributed by atoms with Crippen LogP contribution < -0.4 is 5.32 Å². The van der Waals surface area contributed by atoms with Crippen LogP contribution in [0.1, 0.15) is 54.7 Å². The maximum Gasteiger partial charge on any atom is 0.00323 e. The molecular weight excluding hydrogens is 206 g/mol. The molecule has 4 rings (SSSR count). The molecule has 1 heteroatoms. The molecule has 1 saturated carbocycles. The summed E-state index contributed by atoms with van der Waals surface area (Å²) < 4.78 is 0. The molecule has 1 aromatic carbocycles. The molecular formula is C16H21N. The third kappa shape index (κ3) is 1.41. The number of rotatable bonds is 1. The van der Waals surface area contributed by atoms with Gasteiger partial charge in [0, 0.05) is 19.0 Å². The van der Waals surface area contributed by atoms with E-state index in [4.69, 9.17) is 0 Å². The van der Waals surface area contributed by atoms with E-state index in [1.54, 1.807) is 16.7 Å². The van der Waals surface area contributed by atoms with Gasteiger partial charge in [-0.1, -0.05) is 25.1 Å². The fraction of sp³-hybridized carbons (Fsp3) is 0.625. The molecule has 0 unspecified atom stereocenters. The molecule has 2 aliphatic carbocycles. The molecule has 90 valence electrons. The van der Waals surface area contributed by atoms with Crippen LogP contribution in [0.15, 0.2) is 18.2 Å². The van der Waals surface area contributed by atoms with Crippen molar-refractivity contribution in [3.8, 4) is 0 Å². The largest absolute Gasteiger partial charge is 0.316 e. The standard InChI is InChI=1S/C16H21N/c1-16-8-7-13-12(11-5-6-11)3-2-4-14(13)15(16)9-17-10-16/h2-4,11,15,17H,5-10H2,1H3/t15-,16+/m1/s1. The van der Waals surface area contributed by atoms with Gasteiger partial charge in [-0.05, 0) is 53.7 Å². The highest BCUT2D eigenvalue weighted by Gasteiger charge is 2.44. The van der Waals surface area contributed by atoms with E-state index in [9.17, 15) is 0 Å². The Morgan fingerprint density at radius 1 is 1.24 bits per heavy atom. The van der Waals surface area contributed by atoms with Crippen LogP contribution in [0, 0.1) is 5.41 Å². The highest BCUT2D eigenvalue weighted by molar-refractivity contribution is 5.44. The topological polar surface area (TPSA) is 12.0 Å². The lowest BCUT2D eigenvalue weighted by molar-refractivity contribution is 0.277. The Balaban J connectivity index is 1.84. The first-order valence-corrected chi connectivity index (χ1v) is 7.10. The molecule has 0 amide bonds. The van der Waals surface area contributed by atoms with Gasteiger partial charge in [0.25, 0.3) is 0 Å². The van der Waals surface area contributed by atoms with E-state index in [2.05, 4.69) is 30.4 Å². The van der Waals surface area contributed by atoms with Crippen LogP contribution in [0.25, 0.3) is 0 Å². The second-order valence-corrected chi connectivity index (χ2v) is 6.53. The van der Waals surface area contributed by atoms with E-state index in [-0.39, 0.29) is 0 Å². The Kier molecular flexibility index (Phi) is 2.00. The number of hydrogen-bond donors (Lipinski definition) is 1. The Morgan fingerprint density at radius 3 is 2.88 bits per heavy atom. The van der Waals surface area contributed by atoms with Crippen molar-refractivity contribution < 1.29 is 0 Å². The van der Waals surface area contributed by atoms with Gasteiger partial charge in [-0.15, -0.1) is 0 Å². The lowest BCUT2D eigenvalue weighted by Gasteiger charge is -2.38. The Labute approximate surface area is 104 Å². The smallest absolute Gasteiger partial charge is 0.00323 e. The van der Waals surface area contributed by atoms with Crippen molar-refractivity contribution in [2.75, 3.05) is 13.1 Å². The fourth-order valence-electron chi connectivity index (χ4n) is 4.05. The molecule has 1 aliphatic heterocycles. The second-order valence-electron chi connectivity index (χ2n) is 6.53. The molecule has 0 aromatic heterocycles. The molecule has 3 aliphatic rings. The van der Waals surface area contributed by atoms with Gasteiger partial charge in [0.05, 0.1) is 0 Å². The number of benzene rings is 1. The number of fused-ring (bicyclic) bond motifs is 3. The first kappa shape index (κ1) is 10.1. The lowest BCUT2D eigenvalue weighted by atomic mass is 9.66. The van der Waals surface area contributed by atoms with Crippen molar-refractivity contribution >= 4 is 0 Å². The molecule has 1 aromatic rings. The monoisotopic (exact) mass is 227 g/mol. The van der Waals surface area contributed by atoms with Crippen LogP contribution in [0.4, 0.5) is 0 Å². The zero-order chi connectivity index (χ0) is 11.5. The van der Waals surface area contributed by atoms with Crippen LogP contribution in [0.3, 0.4) is 0 Å². The van der Waals surface area contributed by atoms with E-state index < -0.39 is 0 Å². The predicted molar refractivity (Wildman–Crippen MR) is 70.5 cm³/mol. The predicted octanol–water partition coefficient (Wildman–Crippen LogP) is 3.20. The van der Waals surface area contributed by atoms with Crippen molar-refractivity contribution in [2.24, 2.45) is 5.41 Å². The average molecular weight is 227 g/mol. The molecule has 1 heterocycles. The van der Waals surface area contributed by atoms with Crippen molar-refractivity contribution in [3.05, 3.63) is 34.9 Å².